The number of carbonyl (C=O) groups excluding carboxylic acids is 2. The molecule has 0 unspecified atom stereocenters. The van der Waals surface area contributed by atoms with Crippen molar-refractivity contribution in [2.45, 2.75) is 38.3 Å². The van der Waals surface area contributed by atoms with Crippen LogP contribution >= 0.6 is 11.6 Å². The lowest BCUT2D eigenvalue weighted by atomic mass is 10.1. The van der Waals surface area contributed by atoms with E-state index in [1.54, 1.807) is 61.5 Å². The first-order valence-electron chi connectivity index (χ1n) is 11.5. The average molecular weight is 528 g/mol. The molecule has 0 saturated carbocycles. The van der Waals surface area contributed by atoms with Crippen molar-refractivity contribution in [3.63, 3.8) is 0 Å². The Balaban J connectivity index is 2.06. The predicted octanol–water partition coefficient (Wildman–Crippen LogP) is 4.32. The van der Waals surface area contributed by atoms with Crippen LogP contribution in [0.25, 0.3) is 0 Å². The number of aryl methyl sites for hydroxylation is 1. The minimum absolute atomic E-state index is 0.0716. The van der Waals surface area contributed by atoms with Gasteiger partial charge in [-0.25, -0.2) is 8.42 Å². The van der Waals surface area contributed by atoms with Crippen LogP contribution in [-0.4, -0.2) is 44.8 Å². The fraction of sp³-hybridized carbons (Fsp3) is 0.259. The van der Waals surface area contributed by atoms with Crippen molar-refractivity contribution >= 4 is 39.1 Å². The molecule has 0 aromatic heterocycles. The highest BCUT2D eigenvalue weighted by molar-refractivity contribution is 7.92. The summed E-state index contributed by atoms with van der Waals surface area (Å²) in [7, 11) is -2.59. The second-order valence-corrected chi connectivity index (χ2v) is 10.8. The topological polar surface area (TPSA) is 86.8 Å². The van der Waals surface area contributed by atoms with Gasteiger partial charge in [0.15, 0.2) is 0 Å². The lowest BCUT2D eigenvalue weighted by molar-refractivity contribution is -0.139. The van der Waals surface area contributed by atoms with Gasteiger partial charge in [-0.05, 0) is 67.8 Å². The summed E-state index contributed by atoms with van der Waals surface area (Å²) in [6.07, 6.45) is 0. The van der Waals surface area contributed by atoms with Crippen LogP contribution in [0, 0.1) is 13.8 Å². The van der Waals surface area contributed by atoms with Gasteiger partial charge in [-0.3, -0.25) is 13.9 Å². The van der Waals surface area contributed by atoms with Crippen molar-refractivity contribution < 1.29 is 18.0 Å². The number of carbonyl (C=O) groups is 2. The van der Waals surface area contributed by atoms with Crippen LogP contribution in [0.3, 0.4) is 0 Å². The Morgan fingerprint density at radius 2 is 1.58 bits per heavy atom. The van der Waals surface area contributed by atoms with E-state index in [4.69, 9.17) is 11.6 Å². The molecule has 3 rings (SSSR count). The monoisotopic (exact) mass is 527 g/mol. The molecular weight excluding hydrogens is 498 g/mol. The molecule has 7 nitrogen and oxygen atoms in total. The Morgan fingerprint density at radius 1 is 0.944 bits per heavy atom. The molecule has 0 fully saturated rings. The first kappa shape index (κ1) is 27.2. The molecule has 0 radical (unpaired) electrons. The molecule has 0 saturated heterocycles. The molecule has 2 amide bonds. The highest BCUT2D eigenvalue weighted by atomic mass is 35.5. The molecule has 9 heteroatoms. The summed E-state index contributed by atoms with van der Waals surface area (Å²) in [5.41, 5.74) is 2.80. The van der Waals surface area contributed by atoms with Crippen molar-refractivity contribution in [3.05, 3.63) is 94.5 Å². The van der Waals surface area contributed by atoms with Gasteiger partial charge in [0.2, 0.25) is 11.8 Å². The highest BCUT2D eigenvalue weighted by Gasteiger charge is 2.33. The summed E-state index contributed by atoms with van der Waals surface area (Å²) in [5, 5.41) is 3.11. The Morgan fingerprint density at radius 3 is 2.19 bits per heavy atom. The second kappa shape index (κ2) is 11.6. The Hall–Kier alpha value is -3.36. The standard InChI is InChI=1S/C27H30ClN3O4S/c1-19-9-8-12-25(20(19)2)31(36(34,35)24-10-6-5-7-11-24)18-26(32)30(21(3)27(33)29-4)17-22-13-15-23(28)16-14-22/h5-16,21H,17-18H2,1-4H3,(H,29,33)/t21-/m1/s1. The number of amides is 2. The Kier molecular flexibility index (Phi) is 8.76. The molecule has 3 aromatic carbocycles. The maximum Gasteiger partial charge on any atom is 0.264 e. The summed E-state index contributed by atoms with van der Waals surface area (Å²) in [6, 6.07) is 19.4. The van der Waals surface area contributed by atoms with Crippen molar-refractivity contribution in [2.24, 2.45) is 0 Å². The molecule has 36 heavy (non-hydrogen) atoms. The number of likely N-dealkylation sites (N-methyl/N-ethyl adjacent to an activating group) is 1. The van der Waals surface area contributed by atoms with Gasteiger partial charge in [0.25, 0.3) is 10.0 Å². The van der Waals surface area contributed by atoms with Crippen LogP contribution in [0.5, 0.6) is 0 Å². The minimum atomic E-state index is -4.08. The summed E-state index contributed by atoms with van der Waals surface area (Å²) in [6.45, 7) is 4.95. The Labute approximate surface area is 217 Å². The van der Waals surface area contributed by atoms with E-state index in [1.165, 1.54) is 24.1 Å². The number of sulfonamides is 1. The van der Waals surface area contributed by atoms with Crippen molar-refractivity contribution in [1.82, 2.24) is 10.2 Å². The SMILES string of the molecule is CNC(=O)[C@@H](C)N(Cc1ccc(Cl)cc1)C(=O)CN(c1cccc(C)c1C)S(=O)(=O)c1ccccc1. The summed E-state index contributed by atoms with van der Waals surface area (Å²) in [4.78, 5) is 27.7. The molecule has 1 N–H and O–H groups in total. The number of hydrogen-bond acceptors (Lipinski definition) is 4. The Bertz CT molecular complexity index is 1330. The van der Waals surface area contributed by atoms with Crippen LogP contribution in [0.4, 0.5) is 5.69 Å². The van der Waals surface area contributed by atoms with Crippen molar-refractivity contribution in [2.75, 3.05) is 17.9 Å². The third-order valence-electron chi connectivity index (χ3n) is 6.13. The molecule has 0 aliphatic heterocycles. The van der Waals surface area contributed by atoms with E-state index < -0.39 is 28.5 Å². The lowest BCUT2D eigenvalue weighted by Crippen LogP contribution is -2.50. The first-order chi connectivity index (χ1) is 17.1. The van der Waals surface area contributed by atoms with Crippen LogP contribution in [0.15, 0.2) is 77.7 Å². The smallest absolute Gasteiger partial charge is 0.264 e. The summed E-state index contributed by atoms with van der Waals surface area (Å²) >= 11 is 6.00. The third kappa shape index (κ3) is 6.06. The van der Waals surface area contributed by atoms with E-state index in [0.717, 1.165) is 21.0 Å². The zero-order valence-electron chi connectivity index (χ0n) is 20.7. The molecular formula is C27H30ClN3O4S. The van der Waals surface area contributed by atoms with Gasteiger partial charge in [-0.2, -0.15) is 0 Å². The summed E-state index contributed by atoms with van der Waals surface area (Å²) < 4.78 is 28.7. The van der Waals surface area contributed by atoms with Gasteiger partial charge in [-0.1, -0.05) is 54.1 Å². The van der Waals surface area contributed by atoms with Gasteiger partial charge < -0.3 is 10.2 Å². The molecule has 0 heterocycles. The highest BCUT2D eigenvalue weighted by Crippen LogP contribution is 2.29. The van der Waals surface area contributed by atoms with Crippen LogP contribution in [0.2, 0.25) is 5.02 Å². The van der Waals surface area contributed by atoms with Gasteiger partial charge in [0.05, 0.1) is 10.6 Å². The van der Waals surface area contributed by atoms with Crippen LogP contribution in [0.1, 0.15) is 23.6 Å². The average Bonchev–Trinajstić information content (AvgIpc) is 2.88. The number of nitrogens with zero attached hydrogens (tertiary/aromatic N) is 2. The predicted molar refractivity (Wildman–Crippen MR) is 142 cm³/mol. The molecule has 1 atom stereocenters. The zero-order chi connectivity index (χ0) is 26.5. The number of anilines is 1. The van der Waals surface area contributed by atoms with Crippen LogP contribution < -0.4 is 9.62 Å². The van der Waals surface area contributed by atoms with Gasteiger partial charge in [-0.15, -0.1) is 0 Å². The van der Waals surface area contributed by atoms with Crippen LogP contribution in [-0.2, 0) is 26.2 Å². The van der Waals surface area contributed by atoms with E-state index in [1.807, 2.05) is 19.9 Å². The number of hydrogen-bond donors (Lipinski definition) is 1. The quantitative estimate of drug-likeness (QED) is 0.449. The fourth-order valence-electron chi connectivity index (χ4n) is 3.82. The zero-order valence-corrected chi connectivity index (χ0v) is 22.3. The maximum atomic E-state index is 13.8. The van der Waals surface area contributed by atoms with Gasteiger partial charge >= 0.3 is 0 Å². The third-order valence-corrected chi connectivity index (χ3v) is 8.16. The van der Waals surface area contributed by atoms with E-state index in [-0.39, 0.29) is 17.3 Å². The molecule has 190 valence electrons. The normalized spacial score (nSPS) is 12.0. The molecule has 0 aliphatic carbocycles. The second-order valence-electron chi connectivity index (χ2n) is 8.48. The number of rotatable bonds is 9. The van der Waals surface area contributed by atoms with Crippen molar-refractivity contribution in [1.29, 1.82) is 0 Å². The van der Waals surface area contributed by atoms with Gasteiger partial charge in [0.1, 0.15) is 12.6 Å². The lowest BCUT2D eigenvalue weighted by Gasteiger charge is -2.32. The summed E-state index contributed by atoms with van der Waals surface area (Å²) in [5.74, 6) is -0.872. The number of halogens is 1. The molecule has 0 aliphatic rings. The molecule has 3 aromatic rings. The van der Waals surface area contributed by atoms with E-state index >= 15 is 0 Å². The molecule has 0 spiro atoms. The molecule has 0 bridgehead atoms. The van der Waals surface area contributed by atoms with E-state index in [0.29, 0.717) is 10.7 Å². The maximum absolute atomic E-state index is 13.8. The first-order valence-corrected chi connectivity index (χ1v) is 13.3. The van der Waals surface area contributed by atoms with E-state index in [2.05, 4.69) is 5.32 Å². The largest absolute Gasteiger partial charge is 0.357 e. The van der Waals surface area contributed by atoms with E-state index in [9.17, 15) is 18.0 Å². The fourth-order valence-corrected chi connectivity index (χ4v) is 5.44. The number of benzene rings is 3. The number of nitrogens with one attached hydrogen (secondary N) is 1. The minimum Gasteiger partial charge on any atom is -0.357 e. The van der Waals surface area contributed by atoms with Gasteiger partial charge in [0, 0.05) is 18.6 Å². The van der Waals surface area contributed by atoms with Crippen molar-refractivity contribution in [3.8, 4) is 0 Å².